The molecule has 0 aromatic heterocycles. The SMILES string of the molecule is CCNC(CSCc1cccc(C)c1)C1CCCCC1. The second-order valence-corrected chi connectivity index (χ2v) is 7.10. The molecule has 2 heteroatoms. The van der Waals surface area contributed by atoms with Crippen molar-refractivity contribution >= 4 is 11.8 Å². The van der Waals surface area contributed by atoms with Gasteiger partial charge in [0, 0.05) is 17.5 Å². The van der Waals surface area contributed by atoms with E-state index in [-0.39, 0.29) is 0 Å². The van der Waals surface area contributed by atoms with Crippen LogP contribution >= 0.6 is 11.8 Å². The van der Waals surface area contributed by atoms with Crippen LogP contribution < -0.4 is 5.32 Å². The summed E-state index contributed by atoms with van der Waals surface area (Å²) in [4.78, 5) is 0. The minimum absolute atomic E-state index is 0.718. The lowest BCUT2D eigenvalue weighted by Crippen LogP contribution is -2.39. The Bertz CT molecular complexity index is 385. The Hall–Kier alpha value is -0.470. The van der Waals surface area contributed by atoms with Crippen LogP contribution in [0.2, 0.25) is 0 Å². The number of hydrogen-bond donors (Lipinski definition) is 1. The molecule has 1 aliphatic rings. The van der Waals surface area contributed by atoms with E-state index in [0.29, 0.717) is 0 Å². The first-order valence-electron chi connectivity index (χ1n) is 8.16. The van der Waals surface area contributed by atoms with Gasteiger partial charge in [0.05, 0.1) is 0 Å². The molecule has 0 aliphatic heterocycles. The van der Waals surface area contributed by atoms with Crippen LogP contribution in [-0.2, 0) is 5.75 Å². The van der Waals surface area contributed by atoms with Crippen LogP contribution in [0.5, 0.6) is 0 Å². The molecule has 20 heavy (non-hydrogen) atoms. The molecule has 1 atom stereocenters. The number of aryl methyl sites for hydroxylation is 1. The topological polar surface area (TPSA) is 12.0 Å². The van der Waals surface area contributed by atoms with E-state index in [9.17, 15) is 0 Å². The van der Waals surface area contributed by atoms with E-state index in [1.807, 2.05) is 0 Å². The number of thioether (sulfide) groups is 1. The van der Waals surface area contributed by atoms with Gasteiger partial charge in [-0.05, 0) is 37.8 Å². The average molecular weight is 292 g/mol. The van der Waals surface area contributed by atoms with Gasteiger partial charge in [0.15, 0.2) is 0 Å². The van der Waals surface area contributed by atoms with Gasteiger partial charge in [-0.25, -0.2) is 0 Å². The van der Waals surface area contributed by atoms with E-state index in [0.717, 1.165) is 24.3 Å². The molecule has 0 spiro atoms. The first kappa shape index (κ1) is 15.9. The van der Waals surface area contributed by atoms with E-state index in [4.69, 9.17) is 0 Å². The lowest BCUT2D eigenvalue weighted by molar-refractivity contribution is 0.288. The van der Waals surface area contributed by atoms with E-state index < -0.39 is 0 Å². The Balaban J connectivity index is 1.79. The minimum atomic E-state index is 0.718. The highest BCUT2D eigenvalue weighted by atomic mass is 32.2. The van der Waals surface area contributed by atoms with Crippen molar-refractivity contribution < 1.29 is 0 Å². The van der Waals surface area contributed by atoms with E-state index in [1.54, 1.807) is 0 Å². The average Bonchev–Trinajstić information content (AvgIpc) is 2.47. The normalized spacial score (nSPS) is 18.1. The maximum Gasteiger partial charge on any atom is 0.0186 e. The molecule has 0 heterocycles. The fourth-order valence-corrected chi connectivity index (χ4v) is 4.44. The van der Waals surface area contributed by atoms with Crippen molar-refractivity contribution in [3.05, 3.63) is 35.4 Å². The van der Waals surface area contributed by atoms with Crippen LogP contribution in [0.15, 0.2) is 24.3 Å². The third kappa shape index (κ3) is 5.14. The maximum absolute atomic E-state index is 3.73. The monoisotopic (exact) mass is 291 g/mol. The smallest absolute Gasteiger partial charge is 0.0186 e. The number of rotatable bonds is 7. The van der Waals surface area contributed by atoms with E-state index in [1.165, 1.54) is 49.0 Å². The molecule has 0 bridgehead atoms. The van der Waals surface area contributed by atoms with Crippen LogP contribution in [0.4, 0.5) is 0 Å². The van der Waals surface area contributed by atoms with Crippen molar-refractivity contribution in [3.63, 3.8) is 0 Å². The predicted molar refractivity (Wildman–Crippen MR) is 91.4 cm³/mol. The summed E-state index contributed by atoms with van der Waals surface area (Å²) in [5.41, 5.74) is 2.84. The Labute approximate surface area is 128 Å². The highest BCUT2D eigenvalue weighted by molar-refractivity contribution is 7.98. The van der Waals surface area contributed by atoms with Gasteiger partial charge in [-0.1, -0.05) is 56.0 Å². The third-order valence-corrected chi connectivity index (χ3v) is 5.47. The Morgan fingerprint density at radius 3 is 2.75 bits per heavy atom. The lowest BCUT2D eigenvalue weighted by atomic mass is 9.84. The molecule has 0 radical (unpaired) electrons. The van der Waals surface area contributed by atoms with Crippen molar-refractivity contribution in [2.45, 2.75) is 57.7 Å². The molecule has 1 N–H and O–H groups in total. The molecular formula is C18H29NS. The molecule has 1 saturated carbocycles. The van der Waals surface area contributed by atoms with Crippen LogP contribution in [0, 0.1) is 12.8 Å². The van der Waals surface area contributed by atoms with Gasteiger partial charge in [0.25, 0.3) is 0 Å². The van der Waals surface area contributed by atoms with E-state index in [2.05, 4.69) is 55.2 Å². The molecule has 0 amide bonds. The number of hydrogen-bond acceptors (Lipinski definition) is 2. The predicted octanol–water partition coefficient (Wildman–Crippen LogP) is 4.79. The van der Waals surface area contributed by atoms with Crippen molar-refractivity contribution in [1.29, 1.82) is 0 Å². The van der Waals surface area contributed by atoms with Gasteiger partial charge < -0.3 is 5.32 Å². The quantitative estimate of drug-likeness (QED) is 0.775. The lowest BCUT2D eigenvalue weighted by Gasteiger charge is -2.30. The number of benzene rings is 1. The summed E-state index contributed by atoms with van der Waals surface area (Å²) in [6.07, 6.45) is 7.20. The van der Waals surface area contributed by atoms with Crippen LogP contribution in [-0.4, -0.2) is 18.3 Å². The molecule has 1 unspecified atom stereocenters. The maximum atomic E-state index is 3.73. The molecule has 112 valence electrons. The molecule has 1 aromatic carbocycles. The molecule has 1 nitrogen and oxygen atoms in total. The van der Waals surface area contributed by atoms with Crippen LogP contribution in [0.25, 0.3) is 0 Å². The molecule has 2 rings (SSSR count). The van der Waals surface area contributed by atoms with Crippen molar-refractivity contribution in [1.82, 2.24) is 5.32 Å². The molecular weight excluding hydrogens is 262 g/mol. The summed E-state index contributed by atoms with van der Waals surface area (Å²) in [6.45, 7) is 5.52. The zero-order valence-electron chi connectivity index (χ0n) is 13.0. The summed E-state index contributed by atoms with van der Waals surface area (Å²) in [6, 6.07) is 9.64. The van der Waals surface area contributed by atoms with Gasteiger partial charge in [-0.15, -0.1) is 0 Å². The van der Waals surface area contributed by atoms with Crippen molar-refractivity contribution in [3.8, 4) is 0 Å². The van der Waals surface area contributed by atoms with Gasteiger partial charge in [-0.3, -0.25) is 0 Å². The second-order valence-electron chi connectivity index (χ2n) is 6.07. The Kier molecular flexibility index (Phi) is 6.95. The molecule has 1 fully saturated rings. The van der Waals surface area contributed by atoms with Crippen LogP contribution in [0.3, 0.4) is 0 Å². The zero-order valence-corrected chi connectivity index (χ0v) is 13.8. The standard InChI is InChI=1S/C18H29NS/c1-3-19-18(17-10-5-4-6-11-17)14-20-13-16-9-7-8-15(2)12-16/h7-9,12,17-19H,3-6,10-11,13-14H2,1-2H3. The Morgan fingerprint density at radius 2 is 2.05 bits per heavy atom. The van der Waals surface area contributed by atoms with Gasteiger partial charge in [0.2, 0.25) is 0 Å². The summed E-state index contributed by atoms with van der Waals surface area (Å²) in [5.74, 6) is 3.32. The molecule has 1 aromatic rings. The highest BCUT2D eigenvalue weighted by Crippen LogP contribution is 2.28. The first-order chi connectivity index (χ1) is 9.79. The van der Waals surface area contributed by atoms with Gasteiger partial charge in [0.1, 0.15) is 0 Å². The summed E-state index contributed by atoms with van der Waals surface area (Å²) in [7, 11) is 0. The minimum Gasteiger partial charge on any atom is -0.313 e. The number of nitrogens with one attached hydrogen (secondary N) is 1. The first-order valence-corrected chi connectivity index (χ1v) is 9.31. The highest BCUT2D eigenvalue weighted by Gasteiger charge is 2.22. The summed E-state index contributed by atoms with van der Waals surface area (Å²) in [5, 5.41) is 3.73. The largest absolute Gasteiger partial charge is 0.313 e. The fourth-order valence-electron chi connectivity index (χ4n) is 3.27. The fraction of sp³-hybridized carbons (Fsp3) is 0.667. The molecule has 1 aliphatic carbocycles. The van der Waals surface area contributed by atoms with Crippen molar-refractivity contribution in [2.75, 3.05) is 12.3 Å². The van der Waals surface area contributed by atoms with Crippen molar-refractivity contribution in [2.24, 2.45) is 5.92 Å². The Morgan fingerprint density at radius 1 is 1.25 bits per heavy atom. The van der Waals surface area contributed by atoms with E-state index >= 15 is 0 Å². The second kappa shape index (κ2) is 8.74. The molecule has 0 saturated heterocycles. The zero-order chi connectivity index (χ0) is 14.2. The van der Waals surface area contributed by atoms with Gasteiger partial charge >= 0.3 is 0 Å². The van der Waals surface area contributed by atoms with Crippen LogP contribution in [0.1, 0.15) is 50.2 Å². The van der Waals surface area contributed by atoms with Gasteiger partial charge in [-0.2, -0.15) is 11.8 Å². The summed E-state index contributed by atoms with van der Waals surface area (Å²) >= 11 is 2.09. The summed E-state index contributed by atoms with van der Waals surface area (Å²) < 4.78 is 0. The third-order valence-electron chi connectivity index (χ3n) is 4.33.